The molecule has 1 aromatic rings. The van der Waals surface area contributed by atoms with E-state index in [2.05, 4.69) is 9.97 Å². The maximum absolute atomic E-state index is 6.13. The molecule has 0 aliphatic rings. The van der Waals surface area contributed by atoms with Crippen LogP contribution >= 0.6 is 35.6 Å². The quantitative estimate of drug-likeness (QED) is 0.464. The number of hydrogen-bond donors (Lipinski definition) is 0. The molecule has 0 saturated heterocycles. The van der Waals surface area contributed by atoms with E-state index < -0.39 is 0 Å². The number of nitrogens with zero attached hydrogens (tertiary/aromatic N) is 3. The molecule has 0 aliphatic carbocycles. The Balaban J connectivity index is 2.91. The van der Waals surface area contributed by atoms with Crippen LogP contribution in [0.3, 0.4) is 0 Å². The summed E-state index contributed by atoms with van der Waals surface area (Å²) in [6, 6.07) is 0. The van der Waals surface area contributed by atoms with Gasteiger partial charge in [0.2, 0.25) is 0 Å². The summed E-state index contributed by atoms with van der Waals surface area (Å²) in [5.41, 5.74) is 0.857. The van der Waals surface area contributed by atoms with E-state index in [0.717, 1.165) is 21.5 Å². The van der Waals surface area contributed by atoms with Crippen molar-refractivity contribution in [2.24, 2.45) is 0 Å². The van der Waals surface area contributed by atoms with Crippen molar-refractivity contribution >= 4 is 39.9 Å². The van der Waals surface area contributed by atoms with E-state index in [9.17, 15) is 0 Å². The fraction of sp³-hybridized carbons (Fsp3) is 0.444. The van der Waals surface area contributed by atoms with Gasteiger partial charge in [-0.05, 0) is 18.2 Å². The highest BCUT2D eigenvalue weighted by Crippen LogP contribution is 2.28. The molecule has 0 bridgehead atoms. The molecule has 0 atom stereocenters. The van der Waals surface area contributed by atoms with E-state index in [1.165, 1.54) is 18.1 Å². The molecule has 0 unspecified atom stereocenters. The standard InChI is InChI=1S/C9H12ClN3S2/c1-4-6-7(10)8(12-5-11-6)15-9(14)13(2)3/h5H,4H2,1-3H3. The molecule has 1 rings (SSSR count). The van der Waals surface area contributed by atoms with E-state index in [-0.39, 0.29) is 0 Å². The summed E-state index contributed by atoms with van der Waals surface area (Å²) in [7, 11) is 3.79. The molecule has 6 heteroatoms. The Bertz CT molecular complexity index is 368. The van der Waals surface area contributed by atoms with Crippen molar-refractivity contribution in [2.75, 3.05) is 14.1 Å². The van der Waals surface area contributed by atoms with Gasteiger partial charge in [-0.2, -0.15) is 0 Å². The van der Waals surface area contributed by atoms with Crippen LogP contribution in [0.25, 0.3) is 0 Å². The molecule has 0 fully saturated rings. The second-order valence-electron chi connectivity index (χ2n) is 3.06. The Hall–Kier alpha value is -0.390. The van der Waals surface area contributed by atoms with Gasteiger partial charge in [0.1, 0.15) is 15.7 Å². The van der Waals surface area contributed by atoms with Crippen molar-refractivity contribution in [1.82, 2.24) is 14.9 Å². The van der Waals surface area contributed by atoms with Crippen molar-refractivity contribution < 1.29 is 0 Å². The van der Waals surface area contributed by atoms with E-state index in [1.807, 2.05) is 25.9 Å². The first-order chi connectivity index (χ1) is 7.06. The van der Waals surface area contributed by atoms with Crippen molar-refractivity contribution in [3.63, 3.8) is 0 Å². The van der Waals surface area contributed by atoms with Crippen LogP contribution in [0.1, 0.15) is 12.6 Å². The summed E-state index contributed by atoms with van der Waals surface area (Å²) in [6.45, 7) is 2.01. The van der Waals surface area contributed by atoms with Gasteiger partial charge in [-0.1, -0.05) is 30.7 Å². The number of rotatable bonds is 2. The molecule has 1 aromatic heterocycles. The molecule has 0 aliphatic heterocycles. The Kier molecular flexibility index (Phi) is 4.76. The van der Waals surface area contributed by atoms with Crippen molar-refractivity contribution in [3.8, 4) is 0 Å². The molecule has 0 spiro atoms. The van der Waals surface area contributed by atoms with Gasteiger partial charge in [-0.3, -0.25) is 0 Å². The molecule has 0 saturated carbocycles. The highest BCUT2D eigenvalue weighted by atomic mass is 35.5. The van der Waals surface area contributed by atoms with Gasteiger partial charge in [0.15, 0.2) is 0 Å². The molecular formula is C9H12ClN3S2. The lowest BCUT2D eigenvalue weighted by atomic mass is 10.3. The molecule has 0 radical (unpaired) electrons. The summed E-state index contributed by atoms with van der Waals surface area (Å²) in [4.78, 5) is 10.1. The van der Waals surface area contributed by atoms with E-state index >= 15 is 0 Å². The fourth-order valence-electron chi connectivity index (χ4n) is 0.879. The Morgan fingerprint density at radius 3 is 2.73 bits per heavy atom. The van der Waals surface area contributed by atoms with Gasteiger partial charge < -0.3 is 4.90 Å². The van der Waals surface area contributed by atoms with Crippen LogP contribution in [-0.2, 0) is 6.42 Å². The predicted octanol–water partition coefficient (Wildman–Crippen LogP) is 2.63. The number of hydrogen-bond acceptors (Lipinski definition) is 4. The zero-order valence-corrected chi connectivity index (χ0v) is 11.2. The monoisotopic (exact) mass is 261 g/mol. The third-order valence-electron chi connectivity index (χ3n) is 1.71. The molecule has 0 amide bonds. The van der Waals surface area contributed by atoms with Gasteiger partial charge in [0, 0.05) is 14.1 Å². The van der Waals surface area contributed by atoms with Crippen LogP contribution in [0.2, 0.25) is 5.02 Å². The average molecular weight is 262 g/mol. The van der Waals surface area contributed by atoms with Gasteiger partial charge in [0.25, 0.3) is 0 Å². The maximum atomic E-state index is 6.13. The molecule has 0 N–H and O–H groups in total. The second-order valence-corrected chi connectivity index (χ2v) is 5.06. The van der Waals surface area contributed by atoms with Crippen LogP contribution in [0.4, 0.5) is 0 Å². The third kappa shape index (κ3) is 3.29. The smallest absolute Gasteiger partial charge is 0.142 e. The lowest BCUT2D eigenvalue weighted by Gasteiger charge is -2.13. The van der Waals surface area contributed by atoms with Crippen LogP contribution in [-0.4, -0.2) is 33.3 Å². The molecule has 1 heterocycles. The maximum Gasteiger partial charge on any atom is 0.142 e. The Morgan fingerprint density at radius 1 is 1.53 bits per heavy atom. The summed E-state index contributed by atoms with van der Waals surface area (Å²) in [6.07, 6.45) is 2.31. The van der Waals surface area contributed by atoms with Crippen LogP contribution in [0.5, 0.6) is 0 Å². The normalized spacial score (nSPS) is 10.1. The first-order valence-corrected chi connectivity index (χ1v) is 6.05. The van der Waals surface area contributed by atoms with E-state index in [0.29, 0.717) is 5.02 Å². The first kappa shape index (κ1) is 12.7. The zero-order chi connectivity index (χ0) is 11.4. The number of halogens is 1. The lowest BCUT2D eigenvalue weighted by Crippen LogP contribution is -2.16. The SMILES string of the molecule is CCc1ncnc(SC(=S)N(C)C)c1Cl. The Morgan fingerprint density at radius 2 is 2.20 bits per heavy atom. The molecule has 0 aromatic carbocycles. The molecule has 3 nitrogen and oxygen atoms in total. The van der Waals surface area contributed by atoms with Crippen molar-refractivity contribution in [3.05, 3.63) is 17.0 Å². The minimum Gasteiger partial charge on any atom is -0.363 e. The number of aromatic nitrogens is 2. The van der Waals surface area contributed by atoms with E-state index in [1.54, 1.807) is 0 Å². The average Bonchev–Trinajstić information content (AvgIpc) is 2.21. The number of thiocarbonyl (C=S) groups is 1. The first-order valence-electron chi connectivity index (χ1n) is 4.44. The van der Waals surface area contributed by atoms with Crippen LogP contribution in [0.15, 0.2) is 11.4 Å². The van der Waals surface area contributed by atoms with Crippen molar-refractivity contribution in [2.45, 2.75) is 18.4 Å². The molecular weight excluding hydrogens is 250 g/mol. The third-order valence-corrected chi connectivity index (χ3v) is 3.88. The molecule has 82 valence electrons. The highest BCUT2D eigenvalue weighted by molar-refractivity contribution is 8.22. The minimum atomic E-state index is 0.606. The second kappa shape index (κ2) is 5.63. The number of aryl methyl sites for hydroxylation is 1. The largest absolute Gasteiger partial charge is 0.363 e. The summed E-state index contributed by atoms with van der Waals surface area (Å²) in [5.74, 6) is 0. The van der Waals surface area contributed by atoms with Crippen LogP contribution in [0, 0.1) is 0 Å². The van der Waals surface area contributed by atoms with Crippen molar-refractivity contribution in [1.29, 1.82) is 0 Å². The number of thioether (sulfide) groups is 1. The Labute approximate surface area is 104 Å². The van der Waals surface area contributed by atoms with E-state index in [4.69, 9.17) is 23.8 Å². The summed E-state index contributed by atoms with van der Waals surface area (Å²) < 4.78 is 0.734. The lowest BCUT2D eigenvalue weighted by molar-refractivity contribution is 0.647. The zero-order valence-electron chi connectivity index (χ0n) is 8.82. The highest BCUT2D eigenvalue weighted by Gasteiger charge is 2.11. The van der Waals surface area contributed by atoms with Gasteiger partial charge in [-0.15, -0.1) is 0 Å². The summed E-state index contributed by atoms with van der Waals surface area (Å²) in [5, 5.41) is 1.33. The topological polar surface area (TPSA) is 29.0 Å². The van der Waals surface area contributed by atoms with Gasteiger partial charge in [-0.25, -0.2) is 9.97 Å². The summed E-state index contributed by atoms with van der Waals surface area (Å²) >= 11 is 12.7. The minimum absolute atomic E-state index is 0.606. The fourth-order valence-corrected chi connectivity index (χ4v) is 2.12. The molecule has 15 heavy (non-hydrogen) atoms. The van der Waals surface area contributed by atoms with Gasteiger partial charge in [0.05, 0.1) is 10.7 Å². The van der Waals surface area contributed by atoms with Crippen LogP contribution < -0.4 is 0 Å². The van der Waals surface area contributed by atoms with Gasteiger partial charge >= 0.3 is 0 Å². The predicted molar refractivity (Wildman–Crippen MR) is 68.6 cm³/mol.